The van der Waals surface area contributed by atoms with Crippen molar-refractivity contribution in [1.29, 1.82) is 0 Å². The highest BCUT2D eigenvalue weighted by atomic mass is 15.1. The molecular formula is C25H31N3. The van der Waals surface area contributed by atoms with Crippen molar-refractivity contribution in [2.45, 2.75) is 19.6 Å². The third kappa shape index (κ3) is 7.65. The molecule has 3 aromatic rings. The van der Waals surface area contributed by atoms with E-state index in [9.17, 15) is 0 Å². The molecule has 0 atom stereocenters. The standard InChI is InChI=1S/C25H31N3/c1-4-10-23(11-5-1)20-27-17-16-26-18-19-28(21-24-12-6-2-7-13-24)22-25-14-8-3-9-15-25/h1-15,26-27H,16-22H2. The number of rotatable bonds is 12. The second-order valence-electron chi connectivity index (χ2n) is 7.09. The fraction of sp³-hybridized carbons (Fsp3) is 0.280. The van der Waals surface area contributed by atoms with Crippen LogP contribution >= 0.6 is 0 Å². The minimum Gasteiger partial charge on any atom is -0.314 e. The Morgan fingerprint density at radius 2 is 0.964 bits per heavy atom. The van der Waals surface area contributed by atoms with Gasteiger partial charge in [0.2, 0.25) is 0 Å². The molecular weight excluding hydrogens is 342 g/mol. The van der Waals surface area contributed by atoms with Gasteiger partial charge < -0.3 is 10.6 Å². The van der Waals surface area contributed by atoms with Gasteiger partial charge in [0.05, 0.1) is 0 Å². The smallest absolute Gasteiger partial charge is 0.0237 e. The summed E-state index contributed by atoms with van der Waals surface area (Å²) in [5.74, 6) is 0. The Bertz CT molecular complexity index is 718. The quantitative estimate of drug-likeness (QED) is 0.469. The van der Waals surface area contributed by atoms with Gasteiger partial charge in [-0.2, -0.15) is 0 Å². The van der Waals surface area contributed by atoms with Gasteiger partial charge in [-0.3, -0.25) is 4.90 Å². The summed E-state index contributed by atoms with van der Waals surface area (Å²) in [7, 11) is 0. The van der Waals surface area contributed by atoms with Gasteiger partial charge >= 0.3 is 0 Å². The lowest BCUT2D eigenvalue weighted by atomic mass is 10.1. The zero-order valence-electron chi connectivity index (χ0n) is 16.6. The molecule has 3 aromatic carbocycles. The van der Waals surface area contributed by atoms with Crippen molar-refractivity contribution in [3.8, 4) is 0 Å². The molecule has 0 fully saturated rings. The van der Waals surface area contributed by atoms with Gasteiger partial charge in [0.1, 0.15) is 0 Å². The highest BCUT2D eigenvalue weighted by molar-refractivity contribution is 5.17. The van der Waals surface area contributed by atoms with Gasteiger partial charge in [0.15, 0.2) is 0 Å². The molecule has 146 valence electrons. The van der Waals surface area contributed by atoms with Crippen molar-refractivity contribution < 1.29 is 0 Å². The zero-order valence-corrected chi connectivity index (χ0v) is 16.6. The molecule has 0 aromatic heterocycles. The SMILES string of the molecule is c1ccc(CNCCNCCN(Cc2ccccc2)Cc2ccccc2)cc1. The van der Waals surface area contributed by atoms with Crippen LogP contribution in [-0.4, -0.2) is 31.1 Å². The van der Waals surface area contributed by atoms with E-state index in [0.717, 1.165) is 45.8 Å². The van der Waals surface area contributed by atoms with Crippen molar-refractivity contribution in [3.63, 3.8) is 0 Å². The van der Waals surface area contributed by atoms with Gasteiger partial charge in [0.25, 0.3) is 0 Å². The lowest BCUT2D eigenvalue weighted by Gasteiger charge is -2.23. The Hall–Kier alpha value is -2.46. The van der Waals surface area contributed by atoms with E-state index in [-0.39, 0.29) is 0 Å². The first-order valence-corrected chi connectivity index (χ1v) is 10.2. The Labute approximate surface area is 169 Å². The van der Waals surface area contributed by atoms with Crippen molar-refractivity contribution in [1.82, 2.24) is 15.5 Å². The van der Waals surface area contributed by atoms with E-state index in [4.69, 9.17) is 0 Å². The molecule has 2 N–H and O–H groups in total. The molecule has 3 rings (SSSR count). The maximum atomic E-state index is 3.57. The summed E-state index contributed by atoms with van der Waals surface area (Å²) < 4.78 is 0. The van der Waals surface area contributed by atoms with Crippen molar-refractivity contribution in [2.24, 2.45) is 0 Å². The molecule has 0 radical (unpaired) electrons. The molecule has 0 spiro atoms. The summed E-state index contributed by atoms with van der Waals surface area (Å²) in [6.45, 7) is 6.86. The van der Waals surface area contributed by atoms with Crippen molar-refractivity contribution in [2.75, 3.05) is 26.2 Å². The predicted octanol–water partition coefficient (Wildman–Crippen LogP) is 4.07. The molecule has 0 heterocycles. The molecule has 3 heteroatoms. The van der Waals surface area contributed by atoms with Crippen LogP contribution in [0.3, 0.4) is 0 Å². The van der Waals surface area contributed by atoms with E-state index in [1.807, 2.05) is 0 Å². The topological polar surface area (TPSA) is 27.3 Å². The summed E-state index contributed by atoms with van der Waals surface area (Å²) in [5, 5.41) is 7.06. The molecule has 0 bridgehead atoms. The van der Waals surface area contributed by atoms with Gasteiger partial charge in [-0.15, -0.1) is 0 Å². The number of nitrogens with one attached hydrogen (secondary N) is 2. The minimum absolute atomic E-state index is 0.927. The largest absolute Gasteiger partial charge is 0.314 e. The van der Waals surface area contributed by atoms with E-state index in [1.165, 1.54) is 16.7 Å². The van der Waals surface area contributed by atoms with Crippen LogP contribution in [0.1, 0.15) is 16.7 Å². The maximum Gasteiger partial charge on any atom is 0.0237 e. The van der Waals surface area contributed by atoms with Crippen LogP contribution in [0.25, 0.3) is 0 Å². The first-order chi connectivity index (χ1) is 13.9. The predicted molar refractivity (Wildman–Crippen MR) is 118 cm³/mol. The fourth-order valence-corrected chi connectivity index (χ4v) is 3.26. The van der Waals surface area contributed by atoms with Crippen LogP contribution in [0.2, 0.25) is 0 Å². The first kappa shape index (κ1) is 20.3. The van der Waals surface area contributed by atoms with Crippen molar-refractivity contribution >= 4 is 0 Å². The molecule has 0 amide bonds. The van der Waals surface area contributed by atoms with E-state index in [0.29, 0.717) is 0 Å². The highest BCUT2D eigenvalue weighted by Crippen LogP contribution is 2.09. The summed E-state index contributed by atoms with van der Waals surface area (Å²) in [6.07, 6.45) is 0. The van der Waals surface area contributed by atoms with Crippen LogP contribution in [0.15, 0.2) is 91.0 Å². The normalized spacial score (nSPS) is 11.0. The third-order valence-electron chi connectivity index (χ3n) is 4.75. The summed E-state index contributed by atoms with van der Waals surface area (Å²) >= 11 is 0. The van der Waals surface area contributed by atoms with Crippen LogP contribution in [0.4, 0.5) is 0 Å². The van der Waals surface area contributed by atoms with E-state index < -0.39 is 0 Å². The monoisotopic (exact) mass is 373 g/mol. The number of nitrogens with zero attached hydrogens (tertiary/aromatic N) is 1. The van der Waals surface area contributed by atoms with Crippen LogP contribution < -0.4 is 10.6 Å². The molecule has 0 aliphatic heterocycles. The second kappa shape index (κ2) is 12.1. The summed E-state index contributed by atoms with van der Waals surface area (Å²) in [5.41, 5.74) is 4.06. The van der Waals surface area contributed by atoms with Gasteiger partial charge in [0, 0.05) is 45.8 Å². The number of hydrogen-bond donors (Lipinski definition) is 2. The highest BCUT2D eigenvalue weighted by Gasteiger charge is 2.07. The lowest BCUT2D eigenvalue weighted by molar-refractivity contribution is 0.256. The third-order valence-corrected chi connectivity index (χ3v) is 4.75. The zero-order chi connectivity index (χ0) is 19.3. The Kier molecular flexibility index (Phi) is 8.75. The Morgan fingerprint density at radius 3 is 1.50 bits per heavy atom. The average molecular weight is 374 g/mol. The molecule has 3 nitrogen and oxygen atoms in total. The van der Waals surface area contributed by atoms with Gasteiger partial charge in [-0.1, -0.05) is 91.0 Å². The summed E-state index contributed by atoms with van der Waals surface area (Å²) in [6, 6.07) is 32.0. The van der Waals surface area contributed by atoms with Crippen LogP contribution in [0.5, 0.6) is 0 Å². The molecule has 0 saturated carbocycles. The second-order valence-corrected chi connectivity index (χ2v) is 7.09. The number of hydrogen-bond acceptors (Lipinski definition) is 3. The van der Waals surface area contributed by atoms with Crippen LogP contribution in [-0.2, 0) is 19.6 Å². The Morgan fingerprint density at radius 1 is 0.500 bits per heavy atom. The Balaban J connectivity index is 1.38. The van der Waals surface area contributed by atoms with Gasteiger partial charge in [-0.05, 0) is 16.7 Å². The molecule has 28 heavy (non-hydrogen) atoms. The molecule has 0 aliphatic carbocycles. The fourth-order valence-electron chi connectivity index (χ4n) is 3.26. The van der Waals surface area contributed by atoms with Crippen LogP contribution in [0, 0.1) is 0 Å². The average Bonchev–Trinajstić information content (AvgIpc) is 2.75. The van der Waals surface area contributed by atoms with E-state index in [2.05, 4.69) is 107 Å². The minimum atomic E-state index is 0.927. The first-order valence-electron chi connectivity index (χ1n) is 10.2. The number of benzene rings is 3. The summed E-state index contributed by atoms with van der Waals surface area (Å²) in [4.78, 5) is 2.51. The molecule has 0 unspecified atom stereocenters. The van der Waals surface area contributed by atoms with E-state index in [1.54, 1.807) is 0 Å². The molecule has 0 aliphatic rings. The maximum absolute atomic E-state index is 3.57. The van der Waals surface area contributed by atoms with E-state index >= 15 is 0 Å². The lowest BCUT2D eigenvalue weighted by Crippen LogP contribution is -2.34. The van der Waals surface area contributed by atoms with Gasteiger partial charge in [-0.25, -0.2) is 0 Å². The van der Waals surface area contributed by atoms with Crippen molar-refractivity contribution in [3.05, 3.63) is 108 Å². The molecule has 0 saturated heterocycles.